The summed E-state index contributed by atoms with van der Waals surface area (Å²) in [5.74, 6) is 0.457. The summed E-state index contributed by atoms with van der Waals surface area (Å²) in [6.45, 7) is 1.73. The van der Waals surface area contributed by atoms with E-state index >= 15 is 0 Å². The molecule has 0 atom stereocenters. The first kappa shape index (κ1) is 7.26. The molecule has 1 radical (unpaired) electrons. The van der Waals surface area contributed by atoms with Gasteiger partial charge in [-0.15, -0.1) is 0 Å². The molecule has 0 aliphatic carbocycles. The fourth-order valence-electron chi connectivity index (χ4n) is 1.19. The Morgan fingerprint density at radius 3 is 2.83 bits per heavy atom. The highest BCUT2D eigenvalue weighted by molar-refractivity contribution is 5.24. The van der Waals surface area contributed by atoms with E-state index < -0.39 is 0 Å². The second-order valence-electron chi connectivity index (χ2n) is 2.85. The van der Waals surface area contributed by atoms with Crippen LogP contribution in [-0.2, 0) is 0 Å². The van der Waals surface area contributed by atoms with Gasteiger partial charge in [0, 0.05) is 24.7 Å². The molecule has 1 saturated heterocycles. The highest BCUT2D eigenvalue weighted by Gasteiger charge is 2.21. The molecule has 0 bridgehead atoms. The summed E-state index contributed by atoms with van der Waals surface area (Å²) in [6.07, 6.45) is 0. The Hall–Kier alpha value is -1.40. The summed E-state index contributed by atoms with van der Waals surface area (Å²) in [5, 5.41) is 12.7. The summed E-state index contributed by atoms with van der Waals surface area (Å²) in [5.41, 5.74) is 1.50. The van der Waals surface area contributed by atoms with E-state index in [0.717, 1.165) is 18.8 Å². The van der Waals surface area contributed by atoms with Crippen molar-refractivity contribution in [2.24, 2.45) is 0 Å². The number of nitrogens with zero attached hydrogens (tertiary/aromatic N) is 3. The zero-order valence-electron chi connectivity index (χ0n) is 6.57. The van der Waals surface area contributed by atoms with Gasteiger partial charge in [-0.1, -0.05) is 6.07 Å². The number of rotatable bonds is 1. The maximum Gasteiger partial charge on any atom is 0.140 e. The molecular formula is C9H8N3. The van der Waals surface area contributed by atoms with E-state index in [4.69, 9.17) is 5.26 Å². The quantitative estimate of drug-likeness (QED) is 0.602. The van der Waals surface area contributed by atoms with Crippen LogP contribution >= 0.6 is 0 Å². The SMILES string of the molecule is N#Cc1cccc(C2C[N]C2)n1. The Labute approximate surface area is 71.0 Å². The molecule has 1 aliphatic rings. The molecule has 0 N–H and O–H groups in total. The van der Waals surface area contributed by atoms with Gasteiger partial charge in [0.05, 0.1) is 0 Å². The van der Waals surface area contributed by atoms with E-state index in [1.54, 1.807) is 6.07 Å². The van der Waals surface area contributed by atoms with Crippen molar-refractivity contribution in [3.05, 3.63) is 29.6 Å². The minimum Gasteiger partial charge on any atom is -0.242 e. The largest absolute Gasteiger partial charge is 0.242 e. The van der Waals surface area contributed by atoms with Crippen molar-refractivity contribution >= 4 is 0 Å². The predicted octanol–water partition coefficient (Wildman–Crippen LogP) is 0.655. The monoisotopic (exact) mass is 158 g/mol. The number of aromatic nitrogens is 1. The summed E-state index contributed by atoms with van der Waals surface area (Å²) < 4.78 is 0. The Bertz CT molecular complexity index is 323. The lowest BCUT2D eigenvalue weighted by Crippen LogP contribution is -2.34. The lowest BCUT2D eigenvalue weighted by molar-refractivity contribution is 0.429. The van der Waals surface area contributed by atoms with Gasteiger partial charge in [-0.2, -0.15) is 5.26 Å². The number of pyridine rings is 1. The van der Waals surface area contributed by atoms with Crippen LogP contribution < -0.4 is 5.32 Å². The Morgan fingerprint density at radius 2 is 2.25 bits per heavy atom. The minimum atomic E-state index is 0.457. The molecule has 3 nitrogen and oxygen atoms in total. The molecule has 59 valence electrons. The summed E-state index contributed by atoms with van der Waals surface area (Å²) >= 11 is 0. The van der Waals surface area contributed by atoms with Crippen LogP contribution in [0.4, 0.5) is 0 Å². The third kappa shape index (κ3) is 1.17. The molecular weight excluding hydrogens is 150 g/mol. The molecule has 1 aromatic heterocycles. The van der Waals surface area contributed by atoms with Crippen molar-refractivity contribution < 1.29 is 0 Å². The van der Waals surface area contributed by atoms with Crippen LogP contribution in [0.1, 0.15) is 17.3 Å². The van der Waals surface area contributed by atoms with Crippen LogP contribution in [-0.4, -0.2) is 18.1 Å². The Kier molecular flexibility index (Phi) is 1.77. The van der Waals surface area contributed by atoms with Crippen LogP contribution in [0, 0.1) is 11.3 Å². The van der Waals surface area contributed by atoms with Crippen molar-refractivity contribution in [3.8, 4) is 6.07 Å². The number of nitriles is 1. The van der Waals surface area contributed by atoms with Crippen LogP contribution in [0.2, 0.25) is 0 Å². The van der Waals surface area contributed by atoms with E-state index in [-0.39, 0.29) is 0 Å². The van der Waals surface area contributed by atoms with Crippen LogP contribution in [0.15, 0.2) is 18.2 Å². The van der Waals surface area contributed by atoms with Gasteiger partial charge in [0.15, 0.2) is 0 Å². The molecule has 1 aliphatic heterocycles. The fourth-order valence-corrected chi connectivity index (χ4v) is 1.19. The van der Waals surface area contributed by atoms with Crippen LogP contribution in [0.25, 0.3) is 0 Å². The lowest BCUT2D eigenvalue weighted by atomic mass is 9.99. The lowest BCUT2D eigenvalue weighted by Gasteiger charge is -2.24. The minimum absolute atomic E-state index is 0.457. The van der Waals surface area contributed by atoms with Gasteiger partial charge in [0.1, 0.15) is 11.8 Å². The molecule has 0 amide bonds. The molecule has 12 heavy (non-hydrogen) atoms. The average Bonchev–Trinajstić information content (AvgIpc) is 2.02. The molecule has 2 rings (SSSR count). The first-order valence-corrected chi connectivity index (χ1v) is 3.90. The first-order valence-electron chi connectivity index (χ1n) is 3.90. The topological polar surface area (TPSA) is 50.8 Å². The van der Waals surface area contributed by atoms with Gasteiger partial charge in [-0.3, -0.25) is 0 Å². The van der Waals surface area contributed by atoms with E-state index in [1.165, 1.54) is 0 Å². The van der Waals surface area contributed by atoms with Crippen molar-refractivity contribution in [2.45, 2.75) is 5.92 Å². The third-order valence-electron chi connectivity index (χ3n) is 2.00. The highest BCUT2D eigenvalue weighted by Crippen LogP contribution is 2.18. The molecule has 0 saturated carbocycles. The van der Waals surface area contributed by atoms with Crippen LogP contribution in [0.3, 0.4) is 0 Å². The van der Waals surface area contributed by atoms with E-state index in [1.807, 2.05) is 18.2 Å². The van der Waals surface area contributed by atoms with E-state index in [9.17, 15) is 0 Å². The molecule has 0 spiro atoms. The predicted molar refractivity (Wildman–Crippen MR) is 43.6 cm³/mol. The van der Waals surface area contributed by atoms with Gasteiger partial charge in [-0.25, -0.2) is 10.3 Å². The van der Waals surface area contributed by atoms with E-state index in [2.05, 4.69) is 10.3 Å². The van der Waals surface area contributed by atoms with Gasteiger partial charge in [0.25, 0.3) is 0 Å². The standard InChI is InChI=1S/C9H8N3/c10-4-8-2-1-3-9(12-8)7-5-11-6-7/h1-3,7H,5-6H2. The van der Waals surface area contributed by atoms with Gasteiger partial charge in [-0.05, 0) is 12.1 Å². The van der Waals surface area contributed by atoms with Crippen LogP contribution in [0.5, 0.6) is 0 Å². The second-order valence-corrected chi connectivity index (χ2v) is 2.85. The summed E-state index contributed by atoms with van der Waals surface area (Å²) in [4.78, 5) is 4.19. The number of hydrogen-bond donors (Lipinski definition) is 0. The number of hydrogen-bond acceptors (Lipinski definition) is 2. The average molecular weight is 158 g/mol. The zero-order valence-corrected chi connectivity index (χ0v) is 6.57. The third-order valence-corrected chi connectivity index (χ3v) is 2.00. The Morgan fingerprint density at radius 1 is 1.42 bits per heavy atom. The second kappa shape index (κ2) is 2.92. The van der Waals surface area contributed by atoms with Crippen molar-refractivity contribution in [2.75, 3.05) is 13.1 Å². The molecule has 0 unspecified atom stereocenters. The van der Waals surface area contributed by atoms with Crippen molar-refractivity contribution in [1.82, 2.24) is 10.3 Å². The molecule has 2 heterocycles. The normalized spacial score (nSPS) is 16.6. The summed E-state index contributed by atoms with van der Waals surface area (Å²) in [7, 11) is 0. The zero-order chi connectivity index (χ0) is 8.39. The highest BCUT2D eigenvalue weighted by atomic mass is 15.0. The Balaban J connectivity index is 2.27. The van der Waals surface area contributed by atoms with Crippen molar-refractivity contribution in [1.29, 1.82) is 5.26 Å². The van der Waals surface area contributed by atoms with Gasteiger partial charge >= 0.3 is 0 Å². The maximum atomic E-state index is 8.60. The fraction of sp³-hybridized carbons (Fsp3) is 0.333. The molecule has 3 heteroatoms. The molecule has 0 aromatic carbocycles. The maximum absolute atomic E-state index is 8.60. The van der Waals surface area contributed by atoms with Crippen molar-refractivity contribution in [3.63, 3.8) is 0 Å². The first-order chi connectivity index (χ1) is 5.90. The smallest absolute Gasteiger partial charge is 0.140 e. The van der Waals surface area contributed by atoms with Gasteiger partial charge in [0.2, 0.25) is 0 Å². The molecule has 1 aromatic rings. The molecule has 1 fully saturated rings. The van der Waals surface area contributed by atoms with Gasteiger partial charge < -0.3 is 0 Å². The summed E-state index contributed by atoms with van der Waals surface area (Å²) in [6, 6.07) is 7.58. The van der Waals surface area contributed by atoms with E-state index in [0.29, 0.717) is 11.6 Å².